The van der Waals surface area contributed by atoms with E-state index in [9.17, 15) is 49.1 Å². The molecule has 0 saturated carbocycles. The van der Waals surface area contributed by atoms with Gasteiger partial charge in [0.25, 0.3) is 0 Å². The third kappa shape index (κ3) is 5.90. The van der Waals surface area contributed by atoms with Crippen LogP contribution in [-0.2, 0) is 28.7 Å². The molecule has 1 aromatic heterocycles. The fourth-order valence-electron chi connectivity index (χ4n) is 3.88. The summed E-state index contributed by atoms with van der Waals surface area (Å²) in [5.41, 5.74) is -0.450. The number of carbonyl (C=O) groups is 2. The zero-order chi connectivity index (χ0) is 27.0. The number of hydrogen-bond donors (Lipinski definition) is 1. The van der Waals surface area contributed by atoms with Gasteiger partial charge in [0.1, 0.15) is 5.82 Å². The Bertz CT molecular complexity index is 1150. The first-order valence-electron chi connectivity index (χ1n) is 10.4. The van der Waals surface area contributed by atoms with Gasteiger partial charge in [-0.2, -0.15) is 26.3 Å². The standard InChI is InChI=1S/C20H18F9N5O2/c1-9-16-31-32-17(19(24,25)26)34(16)3-2-33(9)15(35)5-10(8-30-18(36)20(27,28)29)4-11-6-13(22)14(23)7-12(11)21/h6-7,9-10H,2-5,8H2,1H3,(H,30,36)/t9-,10+/m1/s1. The van der Waals surface area contributed by atoms with Gasteiger partial charge in [-0.3, -0.25) is 9.59 Å². The summed E-state index contributed by atoms with van der Waals surface area (Å²) in [5, 5.41) is 8.17. The van der Waals surface area contributed by atoms with E-state index in [-0.39, 0.29) is 25.0 Å². The number of hydrogen-bond acceptors (Lipinski definition) is 4. The maximum atomic E-state index is 14.1. The topological polar surface area (TPSA) is 80.1 Å². The molecule has 1 aliphatic rings. The number of halogens is 9. The molecule has 0 radical (unpaired) electrons. The SMILES string of the molecule is C[C@@H]1c2nnc(C(F)(F)F)n2CCN1C(=O)C[C@@H](CNC(=O)C(F)(F)F)Cc1cc(F)c(F)cc1F. The van der Waals surface area contributed by atoms with Gasteiger partial charge in [0.05, 0.1) is 6.04 Å². The van der Waals surface area contributed by atoms with Gasteiger partial charge in [-0.15, -0.1) is 10.2 Å². The second-order valence-corrected chi connectivity index (χ2v) is 8.13. The molecule has 2 amide bonds. The molecule has 1 N–H and O–H groups in total. The molecule has 0 fully saturated rings. The summed E-state index contributed by atoms with van der Waals surface area (Å²) < 4.78 is 119. The van der Waals surface area contributed by atoms with E-state index in [1.807, 2.05) is 0 Å². The van der Waals surface area contributed by atoms with Gasteiger partial charge in [0, 0.05) is 32.1 Å². The van der Waals surface area contributed by atoms with E-state index in [0.29, 0.717) is 6.07 Å². The lowest BCUT2D eigenvalue weighted by Crippen LogP contribution is -2.44. The van der Waals surface area contributed by atoms with Crippen LogP contribution in [0, 0.1) is 23.4 Å². The monoisotopic (exact) mass is 531 g/mol. The minimum atomic E-state index is -5.25. The van der Waals surface area contributed by atoms with E-state index in [2.05, 4.69) is 10.2 Å². The molecule has 0 aliphatic carbocycles. The van der Waals surface area contributed by atoms with Crippen LogP contribution < -0.4 is 5.32 Å². The molecule has 2 heterocycles. The summed E-state index contributed by atoms with van der Waals surface area (Å²) in [6, 6.07) is -0.283. The van der Waals surface area contributed by atoms with Crippen molar-refractivity contribution in [3.8, 4) is 0 Å². The van der Waals surface area contributed by atoms with Crippen molar-refractivity contribution in [1.82, 2.24) is 25.0 Å². The fraction of sp³-hybridized carbons (Fsp3) is 0.500. The number of carbonyl (C=O) groups excluding carboxylic acids is 2. The van der Waals surface area contributed by atoms with Crippen LogP contribution >= 0.6 is 0 Å². The number of fused-ring (bicyclic) bond motifs is 1. The molecule has 3 rings (SSSR count). The Balaban J connectivity index is 1.80. The molecule has 36 heavy (non-hydrogen) atoms. The van der Waals surface area contributed by atoms with Crippen LogP contribution in [0.2, 0.25) is 0 Å². The summed E-state index contributed by atoms with van der Waals surface area (Å²) in [6.07, 6.45) is -11.2. The molecular weight excluding hydrogens is 513 g/mol. The van der Waals surface area contributed by atoms with Gasteiger partial charge in [-0.1, -0.05) is 0 Å². The molecular formula is C20H18F9N5O2. The number of amides is 2. The molecule has 0 spiro atoms. The lowest BCUT2D eigenvalue weighted by atomic mass is 9.94. The van der Waals surface area contributed by atoms with Crippen molar-refractivity contribution < 1.29 is 49.1 Å². The second kappa shape index (κ2) is 9.97. The lowest BCUT2D eigenvalue weighted by Gasteiger charge is -2.35. The van der Waals surface area contributed by atoms with Crippen LogP contribution in [0.5, 0.6) is 0 Å². The first-order valence-corrected chi connectivity index (χ1v) is 10.4. The van der Waals surface area contributed by atoms with Crippen LogP contribution in [0.4, 0.5) is 39.5 Å². The summed E-state index contributed by atoms with van der Waals surface area (Å²) >= 11 is 0. The summed E-state index contributed by atoms with van der Waals surface area (Å²) in [4.78, 5) is 25.3. The molecule has 1 aliphatic heterocycles. The van der Waals surface area contributed by atoms with E-state index in [4.69, 9.17) is 0 Å². The van der Waals surface area contributed by atoms with Crippen molar-refractivity contribution in [2.45, 2.75) is 44.7 Å². The predicted molar refractivity (Wildman–Crippen MR) is 102 cm³/mol. The Labute approximate surface area is 197 Å². The largest absolute Gasteiger partial charge is 0.471 e. The third-order valence-electron chi connectivity index (χ3n) is 5.63. The number of rotatable bonds is 6. The summed E-state index contributed by atoms with van der Waals surface area (Å²) in [5.74, 6) is -9.86. The predicted octanol–water partition coefficient (Wildman–Crippen LogP) is 3.54. The van der Waals surface area contributed by atoms with E-state index in [0.717, 1.165) is 9.47 Å². The van der Waals surface area contributed by atoms with Crippen LogP contribution in [0.3, 0.4) is 0 Å². The van der Waals surface area contributed by atoms with E-state index < -0.39 is 84.4 Å². The Morgan fingerprint density at radius 3 is 2.28 bits per heavy atom. The summed E-state index contributed by atoms with van der Waals surface area (Å²) in [6.45, 7) is 0.0438. The van der Waals surface area contributed by atoms with Gasteiger partial charge < -0.3 is 14.8 Å². The molecule has 2 atom stereocenters. The maximum absolute atomic E-state index is 14.1. The van der Waals surface area contributed by atoms with Crippen molar-refractivity contribution in [3.05, 3.63) is 46.8 Å². The molecule has 1 aromatic carbocycles. The van der Waals surface area contributed by atoms with Gasteiger partial charge in [-0.25, -0.2) is 13.2 Å². The minimum absolute atomic E-state index is 0.171. The number of aromatic nitrogens is 3. The van der Waals surface area contributed by atoms with Crippen molar-refractivity contribution in [2.75, 3.05) is 13.1 Å². The van der Waals surface area contributed by atoms with Crippen LogP contribution in [0.15, 0.2) is 12.1 Å². The number of nitrogens with one attached hydrogen (secondary N) is 1. The van der Waals surface area contributed by atoms with Crippen LogP contribution in [0.1, 0.15) is 36.6 Å². The van der Waals surface area contributed by atoms with Crippen LogP contribution in [0.25, 0.3) is 0 Å². The molecule has 7 nitrogen and oxygen atoms in total. The highest BCUT2D eigenvalue weighted by molar-refractivity contribution is 5.82. The third-order valence-corrected chi connectivity index (χ3v) is 5.63. The normalized spacial score (nSPS) is 17.1. The second-order valence-electron chi connectivity index (χ2n) is 8.13. The zero-order valence-corrected chi connectivity index (χ0v) is 18.4. The lowest BCUT2D eigenvalue weighted by molar-refractivity contribution is -0.173. The Morgan fingerprint density at radius 2 is 1.67 bits per heavy atom. The average molecular weight is 531 g/mol. The quantitative estimate of drug-likeness (QED) is 0.457. The average Bonchev–Trinajstić information content (AvgIpc) is 3.20. The summed E-state index contributed by atoms with van der Waals surface area (Å²) in [7, 11) is 0. The number of benzene rings is 1. The minimum Gasteiger partial charge on any atom is -0.348 e. The first kappa shape index (κ1) is 27.3. The highest BCUT2D eigenvalue weighted by Crippen LogP contribution is 2.33. The molecule has 0 saturated heterocycles. The smallest absolute Gasteiger partial charge is 0.348 e. The molecule has 198 valence electrons. The van der Waals surface area contributed by atoms with E-state index >= 15 is 0 Å². The van der Waals surface area contributed by atoms with Crippen LogP contribution in [-0.4, -0.2) is 50.7 Å². The van der Waals surface area contributed by atoms with Gasteiger partial charge >= 0.3 is 18.3 Å². The highest BCUT2D eigenvalue weighted by atomic mass is 19.4. The molecule has 2 aromatic rings. The van der Waals surface area contributed by atoms with Crippen molar-refractivity contribution in [2.24, 2.45) is 5.92 Å². The molecule has 16 heteroatoms. The van der Waals surface area contributed by atoms with E-state index in [1.54, 1.807) is 5.32 Å². The highest BCUT2D eigenvalue weighted by Gasteiger charge is 2.42. The fourth-order valence-corrected chi connectivity index (χ4v) is 3.88. The number of alkyl halides is 6. The molecule has 0 bridgehead atoms. The van der Waals surface area contributed by atoms with Crippen molar-refractivity contribution in [1.29, 1.82) is 0 Å². The van der Waals surface area contributed by atoms with E-state index in [1.165, 1.54) is 6.92 Å². The van der Waals surface area contributed by atoms with Crippen molar-refractivity contribution in [3.63, 3.8) is 0 Å². The number of nitrogens with zero attached hydrogens (tertiary/aromatic N) is 4. The van der Waals surface area contributed by atoms with Crippen molar-refractivity contribution >= 4 is 11.8 Å². The molecule has 0 unspecified atom stereocenters. The van der Waals surface area contributed by atoms with Gasteiger partial charge in [0.15, 0.2) is 17.5 Å². The Morgan fingerprint density at radius 1 is 1.03 bits per heavy atom. The van der Waals surface area contributed by atoms with Gasteiger partial charge in [0.2, 0.25) is 11.7 Å². The maximum Gasteiger partial charge on any atom is 0.471 e. The first-order chi connectivity index (χ1) is 16.6. The Kier molecular flexibility index (Phi) is 7.55. The Hall–Kier alpha value is -3.33. The zero-order valence-electron chi connectivity index (χ0n) is 18.4. The van der Waals surface area contributed by atoms with Gasteiger partial charge in [-0.05, 0) is 30.9 Å².